The van der Waals surface area contributed by atoms with E-state index in [1.807, 2.05) is 0 Å². The van der Waals surface area contributed by atoms with Crippen LogP contribution in [0.4, 0.5) is 0 Å². The summed E-state index contributed by atoms with van der Waals surface area (Å²) in [5.74, 6) is 0.780. The summed E-state index contributed by atoms with van der Waals surface area (Å²) in [6, 6.07) is 0.774. The first-order valence-electron chi connectivity index (χ1n) is 7.39. The zero-order valence-electron chi connectivity index (χ0n) is 12.6. The van der Waals surface area contributed by atoms with Gasteiger partial charge in [-0.2, -0.15) is 0 Å². The second-order valence-corrected chi connectivity index (χ2v) is 6.80. The summed E-state index contributed by atoms with van der Waals surface area (Å²) in [5.41, 5.74) is 0.442. The van der Waals surface area contributed by atoms with Crippen LogP contribution < -0.4 is 5.32 Å². The van der Waals surface area contributed by atoms with E-state index in [9.17, 15) is 0 Å². The molecule has 0 aliphatic carbocycles. The van der Waals surface area contributed by atoms with Crippen LogP contribution in [-0.2, 0) is 0 Å². The SMILES string of the molecule is CCCNC1CCN(CC(C)C(C)(C)C)CC1. The normalized spacial score (nSPS) is 21.7. The second kappa shape index (κ2) is 6.75. The lowest BCUT2D eigenvalue weighted by Crippen LogP contribution is -2.45. The maximum Gasteiger partial charge on any atom is 0.00914 e. The largest absolute Gasteiger partial charge is 0.314 e. The minimum atomic E-state index is 0.442. The van der Waals surface area contributed by atoms with Gasteiger partial charge in [0, 0.05) is 12.6 Å². The molecule has 1 fully saturated rings. The number of nitrogens with one attached hydrogen (secondary N) is 1. The second-order valence-electron chi connectivity index (χ2n) is 6.80. The van der Waals surface area contributed by atoms with Crippen molar-refractivity contribution < 1.29 is 0 Å². The van der Waals surface area contributed by atoms with Gasteiger partial charge in [0.05, 0.1) is 0 Å². The number of nitrogens with zero attached hydrogens (tertiary/aromatic N) is 1. The van der Waals surface area contributed by atoms with Gasteiger partial charge in [0.2, 0.25) is 0 Å². The molecular formula is C15H32N2. The standard InChI is InChI=1S/C15H32N2/c1-6-9-16-14-7-10-17(11-8-14)12-13(2)15(3,4)5/h13-14,16H,6-12H2,1-5H3. The van der Waals surface area contributed by atoms with Crippen LogP contribution in [0, 0.1) is 11.3 Å². The number of rotatable bonds is 5. The zero-order chi connectivity index (χ0) is 12.9. The Balaban J connectivity index is 2.23. The molecule has 0 saturated carbocycles. The maximum absolute atomic E-state index is 3.65. The zero-order valence-corrected chi connectivity index (χ0v) is 12.6. The van der Waals surface area contributed by atoms with Crippen molar-refractivity contribution in [2.45, 2.75) is 59.9 Å². The van der Waals surface area contributed by atoms with Crippen molar-refractivity contribution in [3.63, 3.8) is 0 Å². The molecule has 1 N–H and O–H groups in total. The van der Waals surface area contributed by atoms with E-state index in [-0.39, 0.29) is 0 Å². The van der Waals surface area contributed by atoms with Crippen LogP contribution in [0.3, 0.4) is 0 Å². The van der Waals surface area contributed by atoms with Crippen LogP contribution in [-0.4, -0.2) is 37.1 Å². The Bertz CT molecular complexity index is 199. The molecule has 2 nitrogen and oxygen atoms in total. The summed E-state index contributed by atoms with van der Waals surface area (Å²) in [7, 11) is 0. The molecule has 0 amide bonds. The summed E-state index contributed by atoms with van der Waals surface area (Å²) < 4.78 is 0. The Kier molecular flexibility index (Phi) is 5.94. The fraction of sp³-hybridized carbons (Fsp3) is 1.00. The topological polar surface area (TPSA) is 15.3 Å². The third kappa shape index (κ3) is 5.39. The molecule has 1 aliphatic rings. The van der Waals surface area contributed by atoms with Gasteiger partial charge in [0.15, 0.2) is 0 Å². The molecule has 1 atom stereocenters. The van der Waals surface area contributed by atoms with Crippen molar-refractivity contribution in [1.29, 1.82) is 0 Å². The van der Waals surface area contributed by atoms with Gasteiger partial charge < -0.3 is 10.2 Å². The minimum Gasteiger partial charge on any atom is -0.314 e. The van der Waals surface area contributed by atoms with Gasteiger partial charge in [0.25, 0.3) is 0 Å². The van der Waals surface area contributed by atoms with Crippen LogP contribution >= 0.6 is 0 Å². The van der Waals surface area contributed by atoms with Gasteiger partial charge in [-0.15, -0.1) is 0 Å². The van der Waals surface area contributed by atoms with Crippen LogP contribution in [0.15, 0.2) is 0 Å². The van der Waals surface area contributed by atoms with Crippen LogP contribution in [0.25, 0.3) is 0 Å². The van der Waals surface area contributed by atoms with E-state index in [1.165, 1.54) is 45.4 Å². The highest BCUT2D eigenvalue weighted by Gasteiger charge is 2.25. The average molecular weight is 240 g/mol. The van der Waals surface area contributed by atoms with Gasteiger partial charge in [-0.25, -0.2) is 0 Å². The van der Waals surface area contributed by atoms with Crippen molar-refractivity contribution in [3.05, 3.63) is 0 Å². The average Bonchev–Trinajstić information content (AvgIpc) is 2.27. The Hall–Kier alpha value is -0.0800. The molecule has 0 aromatic heterocycles. The Morgan fingerprint density at radius 3 is 2.29 bits per heavy atom. The smallest absolute Gasteiger partial charge is 0.00914 e. The highest BCUT2D eigenvalue weighted by Crippen LogP contribution is 2.26. The van der Waals surface area contributed by atoms with Gasteiger partial charge in [0.1, 0.15) is 0 Å². The third-order valence-corrected chi connectivity index (χ3v) is 4.28. The molecule has 17 heavy (non-hydrogen) atoms. The first-order chi connectivity index (χ1) is 7.93. The predicted molar refractivity (Wildman–Crippen MR) is 76.4 cm³/mol. The molecule has 1 rings (SSSR count). The molecule has 102 valence electrons. The molecule has 1 heterocycles. The molecule has 2 heteroatoms. The molecule has 0 aromatic rings. The van der Waals surface area contributed by atoms with E-state index in [4.69, 9.17) is 0 Å². The van der Waals surface area contributed by atoms with Crippen LogP contribution in [0.5, 0.6) is 0 Å². The lowest BCUT2D eigenvalue weighted by atomic mass is 9.81. The summed E-state index contributed by atoms with van der Waals surface area (Å²) in [6.45, 7) is 16.7. The van der Waals surface area contributed by atoms with E-state index < -0.39 is 0 Å². The lowest BCUT2D eigenvalue weighted by molar-refractivity contribution is 0.130. The Morgan fingerprint density at radius 1 is 1.24 bits per heavy atom. The quantitative estimate of drug-likeness (QED) is 0.794. The molecule has 0 bridgehead atoms. The number of hydrogen-bond acceptors (Lipinski definition) is 2. The van der Waals surface area contributed by atoms with Crippen molar-refractivity contribution >= 4 is 0 Å². The summed E-state index contributed by atoms with van der Waals surface area (Å²) in [4.78, 5) is 2.65. The van der Waals surface area contributed by atoms with Crippen molar-refractivity contribution in [2.75, 3.05) is 26.2 Å². The molecule has 1 aliphatic heterocycles. The number of likely N-dealkylation sites (tertiary alicyclic amines) is 1. The van der Waals surface area contributed by atoms with Gasteiger partial charge in [-0.1, -0.05) is 34.6 Å². The van der Waals surface area contributed by atoms with Crippen molar-refractivity contribution in [1.82, 2.24) is 10.2 Å². The van der Waals surface area contributed by atoms with Crippen molar-refractivity contribution in [2.24, 2.45) is 11.3 Å². The highest BCUT2D eigenvalue weighted by atomic mass is 15.1. The molecule has 0 radical (unpaired) electrons. The van der Waals surface area contributed by atoms with E-state index in [2.05, 4.69) is 44.8 Å². The van der Waals surface area contributed by atoms with Crippen LogP contribution in [0.2, 0.25) is 0 Å². The highest BCUT2D eigenvalue weighted by molar-refractivity contribution is 4.80. The van der Waals surface area contributed by atoms with Gasteiger partial charge in [-0.05, 0) is 50.2 Å². The fourth-order valence-electron chi connectivity index (χ4n) is 2.33. The monoisotopic (exact) mass is 240 g/mol. The van der Waals surface area contributed by atoms with E-state index in [1.54, 1.807) is 0 Å². The number of piperidine rings is 1. The first-order valence-corrected chi connectivity index (χ1v) is 7.39. The fourth-order valence-corrected chi connectivity index (χ4v) is 2.33. The summed E-state index contributed by atoms with van der Waals surface area (Å²) >= 11 is 0. The third-order valence-electron chi connectivity index (χ3n) is 4.28. The number of hydrogen-bond donors (Lipinski definition) is 1. The predicted octanol–water partition coefficient (Wildman–Crippen LogP) is 3.13. The Morgan fingerprint density at radius 2 is 1.82 bits per heavy atom. The molecule has 1 unspecified atom stereocenters. The van der Waals surface area contributed by atoms with Gasteiger partial charge in [-0.3, -0.25) is 0 Å². The summed E-state index contributed by atoms with van der Waals surface area (Å²) in [5, 5.41) is 3.65. The van der Waals surface area contributed by atoms with E-state index >= 15 is 0 Å². The first kappa shape index (κ1) is 15.0. The Labute approximate surface area is 108 Å². The van der Waals surface area contributed by atoms with Crippen LogP contribution in [0.1, 0.15) is 53.9 Å². The van der Waals surface area contributed by atoms with Gasteiger partial charge >= 0.3 is 0 Å². The molecule has 1 saturated heterocycles. The maximum atomic E-state index is 3.65. The van der Waals surface area contributed by atoms with E-state index in [0.29, 0.717) is 5.41 Å². The summed E-state index contributed by atoms with van der Waals surface area (Å²) in [6.07, 6.45) is 3.91. The molecule has 0 spiro atoms. The lowest BCUT2D eigenvalue weighted by Gasteiger charge is -2.37. The van der Waals surface area contributed by atoms with Crippen molar-refractivity contribution in [3.8, 4) is 0 Å². The van der Waals surface area contributed by atoms with E-state index in [0.717, 1.165) is 12.0 Å². The minimum absolute atomic E-state index is 0.442. The molecular weight excluding hydrogens is 208 g/mol. The molecule has 0 aromatic carbocycles.